The molecule has 0 fully saturated rings. The smallest absolute Gasteiger partial charge is 0.194 e. The Morgan fingerprint density at radius 1 is 0.724 bits per heavy atom. The summed E-state index contributed by atoms with van der Waals surface area (Å²) in [5.74, 6) is 0.418. The Hall–Kier alpha value is -3.59. The van der Waals surface area contributed by atoms with Gasteiger partial charge < -0.3 is 11.1 Å². The molecule has 0 amide bonds. The van der Waals surface area contributed by atoms with E-state index in [0.29, 0.717) is 5.96 Å². The number of aliphatic imine (C=N–C) groups is 1. The summed E-state index contributed by atoms with van der Waals surface area (Å²) >= 11 is 0. The molecule has 0 spiro atoms. The maximum atomic E-state index is 6.40. The lowest BCUT2D eigenvalue weighted by Gasteiger charge is -2.16. The van der Waals surface area contributed by atoms with Gasteiger partial charge in [0.15, 0.2) is 5.96 Å². The van der Waals surface area contributed by atoms with Crippen LogP contribution in [0.25, 0.3) is 10.8 Å². The normalized spacial score (nSPS) is 13.2. The number of guanidine groups is 1. The van der Waals surface area contributed by atoms with Crippen molar-refractivity contribution in [2.75, 3.05) is 5.32 Å². The Kier molecular flexibility index (Phi) is 4.49. The molecule has 3 N–H and O–H groups in total. The van der Waals surface area contributed by atoms with E-state index in [9.17, 15) is 0 Å². The van der Waals surface area contributed by atoms with Crippen molar-refractivity contribution in [3.63, 3.8) is 0 Å². The molecule has 1 aliphatic carbocycles. The fourth-order valence-corrected chi connectivity index (χ4v) is 4.28. The van der Waals surface area contributed by atoms with E-state index in [2.05, 4.69) is 59.9 Å². The zero-order valence-electron chi connectivity index (χ0n) is 16.2. The Labute approximate surface area is 170 Å². The molecule has 29 heavy (non-hydrogen) atoms. The summed E-state index contributed by atoms with van der Waals surface area (Å²) < 4.78 is 0. The van der Waals surface area contributed by atoms with Gasteiger partial charge in [-0.2, -0.15) is 0 Å². The van der Waals surface area contributed by atoms with Crippen molar-refractivity contribution in [3.05, 3.63) is 113 Å². The Balaban J connectivity index is 1.52. The van der Waals surface area contributed by atoms with Crippen molar-refractivity contribution in [1.29, 1.82) is 0 Å². The number of hydrogen-bond donors (Lipinski definition) is 2. The van der Waals surface area contributed by atoms with Gasteiger partial charge in [0, 0.05) is 11.1 Å². The molecule has 4 aromatic rings. The minimum absolute atomic E-state index is 0.151. The van der Waals surface area contributed by atoms with Gasteiger partial charge in [-0.05, 0) is 46.5 Å². The number of rotatable bonds is 4. The highest BCUT2D eigenvalue weighted by molar-refractivity contribution is 6.05. The topological polar surface area (TPSA) is 50.4 Å². The molecule has 0 unspecified atom stereocenters. The number of nitrogens with one attached hydrogen (secondary N) is 1. The minimum atomic E-state index is -0.151. The fraction of sp³-hybridized carbons (Fsp3) is 0.115. The molecule has 0 bridgehead atoms. The summed E-state index contributed by atoms with van der Waals surface area (Å²) in [7, 11) is 0. The van der Waals surface area contributed by atoms with Crippen molar-refractivity contribution in [2.24, 2.45) is 10.7 Å². The van der Waals surface area contributed by atoms with Crippen LogP contribution in [-0.2, 0) is 12.8 Å². The monoisotopic (exact) mass is 377 g/mol. The number of benzene rings is 4. The van der Waals surface area contributed by atoms with E-state index in [0.717, 1.165) is 29.7 Å². The van der Waals surface area contributed by atoms with Gasteiger partial charge in [-0.3, -0.25) is 0 Å². The largest absolute Gasteiger partial charge is 0.370 e. The third-order valence-electron chi connectivity index (χ3n) is 5.64. The van der Waals surface area contributed by atoms with Crippen molar-refractivity contribution < 1.29 is 0 Å². The highest BCUT2D eigenvalue weighted by atomic mass is 15.1. The molecule has 0 atom stereocenters. The first-order chi connectivity index (χ1) is 14.3. The predicted octanol–water partition coefficient (Wildman–Crippen LogP) is 5.45. The average molecular weight is 377 g/mol. The summed E-state index contributed by atoms with van der Waals surface area (Å²) in [6.07, 6.45) is 2.23. The van der Waals surface area contributed by atoms with E-state index in [4.69, 9.17) is 10.7 Å². The second kappa shape index (κ2) is 7.44. The van der Waals surface area contributed by atoms with Gasteiger partial charge in [0.2, 0.25) is 0 Å². The second-order valence-corrected chi connectivity index (χ2v) is 7.48. The molecule has 3 heteroatoms. The van der Waals surface area contributed by atoms with Gasteiger partial charge in [-0.15, -0.1) is 0 Å². The fourth-order valence-electron chi connectivity index (χ4n) is 4.28. The SMILES string of the molecule is NC(=NC(c1ccccc1)c1ccccc1)Nc1ccc2c3c(cccc13)CC2. The number of anilines is 1. The maximum absolute atomic E-state index is 6.40. The average Bonchev–Trinajstić information content (AvgIpc) is 3.20. The van der Waals surface area contributed by atoms with E-state index in [-0.39, 0.29) is 6.04 Å². The van der Waals surface area contributed by atoms with Gasteiger partial charge in [0.25, 0.3) is 0 Å². The zero-order valence-corrected chi connectivity index (χ0v) is 16.2. The first-order valence-electron chi connectivity index (χ1n) is 10.0. The van der Waals surface area contributed by atoms with Crippen molar-refractivity contribution in [3.8, 4) is 0 Å². The first kappa shape index (κ1) is 17.5. The van der Waals surface area contributed by atoms with Gasteiger partial charge >= 0.3 is 0 Å². The quantitative estimate of drug-likeness (QED) is 0.367. The van der Waals surface area contributed by atoms with Gasteiger partial charge in [0.05, 0.1) is 0 Å². The molecular formula is C26H23N3. The van der Waals surface area contributed by atoms with Crippen LogP contribution in [0.1, 0.15) is 28.3 Å². The van der Waals surface area contributed by atoms with Gasteiger partial charge in [-0.25, -0.2) is 4.99 Å². The molecule has 1 aliphatic rings. The Bertz CT molecular complexity index is 1130. The third kappa shape index (κ3) is 3.36. The van der Waals surface area contributed by atoms with Crippen LogP contribution in [0.4, 0.5) is 5.69 Å². The Morgan fingerprint density at radius 3 is 2.00 bits per heavy atom. The molecule has 0 saturated heterocycles. The molecule has 0 aromatic heterocycles. The lowest BCUT2D eigenvalue weighted by molar-refractivity contribution is 0.869. The molecule has 0 radical (unpaired) electrons. The standard InChI is InChI=1S/C26H23N3/c27-26(28-23-17-16-19-15-14-18-12-7-13-22(23)24(18)19)29-25(20-8-3-1-4-9-20)21-10-5-2-6-11-21/h1-13,16-17,25H,14-15H2,(H3,27,28,29). The summed E-state index contributed by atoms with van der Waals surface area (Å²) in [6.45, 7) is 0. The summed E-state index contributed by atoms with van der Waals surface area (Å²) in [4.78, 5) is 4.86. The lowest BCUT2D eigenvalue weighted by Crippen LogP contribution is -2.24. The maximum Gasteiger partial charge on any atom is 0.194 e. The van der Waals surface area contributed by atoms with E-state index >= 15 is 0 Å². The molecule has 0 aliphatic heterocycles. The van der Waals surface area contributed by atoms with Crippen LogP contribution in [-0.4, -0.2) is 5.96 Å². The Morgan fingerprint density at radius 2 is 1.34 bits per heavy atom. The molecule has 3 nitrogen and oxygen atoms in total. The highest BCUT2D eigenvalue weighted by Gasteiger charge is 2.17. The minimum Gasteiger partial charge on any atom is -0.370 e. The molecule has 142 valence electrons. The molecular weight excluding hydrogens is 354 g/mol. The van der Waals surface area contributed by atoms with Crippen LogP contribution in [0.2, 0.25) is 0 Å². The molecule has 5 rings (SSSR count). The van der Waals surface area contributed by atoms with Crippen molar-refractivity contribution >= 4 is 22.4 Å². The second-order valence-electron chi connectivity index (χ2n) is 7.48. The number of hydrogen-bond acceptors (Lipinski definition) is 1. The zero-order chi connectivity index (χ0) is 19.6. The summed E-state index contributed by atoms with van der Waals surface area (Å²) in [5, 5.41) is 5.95. The highest BCUT2D eigenvalue weighted by Crippen LogP contribution is 2.35. The van der Waals surface area contributed by atoms with E-state index in [1.54, 1.807) is 0 Å². The van der Waals surface area contributed by atoms with Crippen LogP contribution in [0, 0.1) is 0 Å². The van der Waals surface area contributed by atoms with Crippen LogP contribution in [0.3, 0.4) is 0 Å². The number of nitrogens with zero attached hydrogens (tertiary/aromatic N) is 1. The summed E-state index contributed by atoms with van der Waals surface area (Å²) in [6, 6.07) is 31.2. The first-order valence-corrected chi connectivity index (χ1v) is 10.0. The third-order valence-corrected chi connectivity index (χ3v) is 5.64. The predicted molar refractivity (Wildman–Crippen MR) is 121 cm³/mol. The molecule has 0 heterocycles. The van der Waals surface area contributed by atoms with E-state index < -0.39 is 0 Å². The van der Waals surface area contributed by atoms with Crippen molar-refractivity contribution in [1.82, 2.24) is 0 Å². The van der Waals surface area contributed by atoms with E-state index in [1.807, 2.05) is 36.4 Å². The number of aryl methyl sites for hydroxylation is 2. The molecule has 0 saturated carbocycles. The van der Waals surface area contributed by atoms with Crippen LogP contribution in [0.5, 0.6) is 0 Å². The van der Waals surface area contributed by atoms with Gasteiger partial charge in [-0.1, -0.05) is 84.9 Å². The van der Waals surface area contributed by atoms with E-state index in [1.165, 1.54) is 21.9 Å². The van der Waals surface area contributed by atoms with Crippen LogP contribution >= 0.6 is 0 Å². The van der Waals surface area contributed by atoms with Gasteiger partial charge in [0.1, 0.15) is 6.04 Å². The van der Waals surface area contributed by atoms with Crippen LogP contribution < -0.4 is 11.1 Å². The van der Waals surface area contributed by atoms with Crippen LogP contribution in [0.15, 0.2) is 96.0 Å². The summed E-state index contributed by atoms with van der Waals surface area (Å²) in [5.41, 5.74) is 12.5. The van der Waals surface area contributed by atoms with Crippen molar-refractivity contribution in [2.45, 2.75) is 18.9 Å². The number of nitrogens with two attached hydrogens (primary N) is 1. The molecule has 4 aromatic carbocycles. The lowest BCUT2D eigenvalue weighted by atomic mass is 9.99.